The summed E-state index contributed by atoms with van der Waals surface area (Å²) >= 11 is 0. The van der Waals surface area contributed by atoms with E-state index in [4.69, 9.17) is 0 Å². The first-order valence-corrected chi connectivity index (χ1v) is 8.30. The summed E-state index contributed by atoms with van der Waals surface area (Å²) < 4.78 is 27.0. The van der Waals surface area contributed by atoms with Crippen molar-refractivity contribution < 1.29 is 13.3 Å². The van der Waals surface area contributed by atoms with Gasteiger partial charge in [-0.15, -0.1) is 0 Å². The van der Waals surface area contributed by atoms with E-state index in [2.05, 4.69) is 6.92 Å². The summed E-state index contributed by atoms with van der Waals surface area (Å²) in [6, 6.07) is 5.62. The highest BCUT2D eigenvalue weighted by atomic mass is 32.2. The Morgan fingerprint density at radius 2 is 1.84 bits per heavy atom. The molecule has 0 bridgehead atoms. The van der Waals surface area contributed by atoms with Crippen molar-refractivity contribution in [1.29, 1.82) is 0 Å². The molecule has 0 unspecified atom stereocenters. The Balaban J connectivity index is 2.26. The summed E-state index contributed by atoms with van der Waals surface area (Å²) in [6.07, 6.45) is 0. The van der Waals surface area contributed by atoms with E-state index in [1.807, 2.05) is 26.0 Å². The number of hydrogen-bond donors (Lipinski definition) is 1. The van der Waals surface area contributed by atoms with Crippen LogP contribution < -0.4 is 4.90 Å². The standard InChI is InChI=1S/C14H22N2O2S/c1-4-15-7-9-16(10-8-15)19(17,18)14-11-12(2)5-6-13(14)3/h5-6,11H,4,7-10H2,1-3H3/p+1. The normalized spacial score (nSPS) is 18.7. The van der Waals surface area contributed by atoms with Crippen molar-refractivity contribution in [2.24, 2.45) is 0 Å². The molecule has 1 aromatic carbocycles. The smallest absolute Gasteiger partial charge is 0.243 e. The van der Waals surface area contributed by atoms with Crippen molar-refractivity contribution in [2.75, 3.05) is 32.7 Å². The van der Waals surface area contributed by atoms with Crippen LogP contribution in [-0.2, 0) is 10.0 Å². The Morgan fingerprint density at radius 1 is 1.21 bits per heavy atom. The van der Waals surface area contributed by atoms with Gasteiger partial charge in [-0.2, -0.15) is 4.31 Å². The topological polar surface area (TPSA) is 41.8 Å². The maximum Gasteiger partial charge on any atom is 0.243 e. The lowest BCUT2D eigenvalue weighted by molar-refractivity contribution is -0.901. The molecule has 0 spiro atoms. The van der Waals surface area contributed by atoms with Gasteiger partial charge in [0.15, 0.2) is 0 Å². The van der Waals surface area contributed by atoms with Crippen LogP contribution in [0.15, 0.2) is 23.1 Å². The molecule has 1 aliphatic heterocycles. The Bertz CT molecular complexity index is 547. The fraction of sp³-hybridized carbons (Fsp3) is 0.571. The van der Waals surface area contributed by atoms with Gasteiger partial charge in [0.05, 0.1) is 37.6 Å². The van der Waals surface area contributed by atoms with Crippen LogP contribution in [0.3, 0.4) is 0 Å². The van der Waals surface area contributed by atoms with E-state index >= 15 is 0 Å². The number of likely N-dealkylation sites (N-methyl/N-ethyl adjacent to an activating group) is 1. The van der Waals surface area contributed by atoms with Gasteiger partial charge >= 0.3 is 0 Å². The van der Waals surface area contributed by atoms with E-state index < -0.39 is 10.0 Å². The Hall–Kier alpha value is -0.910. The van der Waals surface area contributed by atoms with E-state index in [1.54, 1.807) is 10.4 Å². The average Bonchev–Trinajstić information content (AvgIpc) is 2.41. The van der Waals surface area contributed by atoms with E-state index in [9.17, 15) is 8.42 Å². The van der Waals surface area contributed by atoms with Crippen LogP contribution in [0.25, 0.3) is 0 Å². The summed E-state index contributed by atoms with van der Waals surface area (Å²) in [5.41, 5.74) is 1.82. The molecule has 0 saturated carbocycles. The van der Waals surface area contributed by atoms with Crippen molar-refractivity contribution in [3.8, 4) is 0 Å². The zero-order valence-corrected chi connectivity index (χ0v) is 12.8. The van der Waals surface area contributed by atoms with Gasteiger partial charge in [-0.1, -0.05) is 12.1 Å². The van der Waals surface area contributed by atoms with Crippen molar-refractivity contribution in [3.63, 3.8) is 0 Å². The minimum atomic E-state index is -3.33. The summed E-state index contributed by atoms with van der Waals surface area (Å²) in [5.74, 6) is 0. The first-order valence-electron chi connectivity index (χ1n) is 6.86. The number of sulfonamides is 1. The molecule has 106 valence electrons. The molecule has 4 nitrogen and oxygen atoms in total. The maximum atomic E-state index is 12.7. The molecule has 19 heavy (non-hydrogen) atoms. The quantitative estimate of drug-likeness (QED) is 0.862. The molecule has 1 aliphatic rings. The molecule has 0 atom stereocenters. The number of rotatable bonds is 3. The number of nitrogens with one attached hydrogen (secondary N) is 1. The largest absolute Gasteiger partial charge is 0.333 e. The fourth-order valence-electron chi connectivity index (χ4n) is 2.52. The highest BCUT2D eigenvalue weighted by Gasteiger charge is 2.30. The Labute approximate surface area is 116 Å². The minimum Gasteiger partial charge on any atom is -0.333 e. The molecule has 1 aromatic rings. The molecule has 0 amide bonds. The van der Waals surface area contributed by atoms with E-state index in [1.165, 1.54) is 4.90 Å². The van der Waals surface area contributed by atoms with Gasteiger partial charge in [0.1, 0.15) is 0 Å². The van der Waals surface area contributed by atoms with Crippen LogP contribution in [0.2, 0.25) is 0 Å². The molecular formula is C14H23N2O2S+. The van der Waals surface area contributed by atoms with E-state index in [-0.39, 0.29) is 0 Å². The monoisotopic (exact) mass is 283 g/mol. The third-order valence-corrected chi connectivity index (χ3v) is 5.93. The van der Waals surface area contributed by atoms with E-state index in [0.29, 0.717) is 18.0 Å². The Morgan fingerprint density at radius 3 is 2.42 bits per heavy atom. The lowest BCUT2D eigenvalue weighted by atomic mass is 10.2. The second kappa shape index (κ2) is 5.61. The molecule has 1 heterocycles. The third-order valence-electron chi connectivity index (χ3n) is 3.89. The SMILES string of the molecule is CC[NH+]1CCN(S(=O)(=O)c2cc(C)ccc2C)CC1. The first kappa shape index (κ1) is 14.5. The average molecular weight is 283 g/mol. The third kappa shape index (κ3) is 2.99. The van der Waals surface area contributed by atoms with Gasteiger partial charge < -0.3 is 4.90 Å². The Kier molecular flexibility index (Phi) is 4.28. The molecule has 5 heteroatoms. The number of aryl methyl sites for hydroxylation is 2. The lowest BCUT2D eigenvalue weighted by Gasteiger charge is -2.31. The second-order valence-electron chi connectivity index (χ2n) is 5.28. The van der Waals surface area contributed by atoms with Crippen molar-refractivity contribution in [1.82, 2.24) is 4.31 Å². The number of benzene rings is 1. The summed E-state index contributed by atoms with van der Waals surface area (Å²) in [7, 11) is -3.33. The maximum absolute atomic E-state index is 12.7. The number of nitrogens with zero attached hydrogens (tertiary/aromatic N) is 1. The summed E-state index contributed by atoms with van der Waals surface area (Å²) in [5, 5.41) is 0. The van der Waals surface area contributed by atoms with E-state index in [0.717, 1.165) is 30.8 Å². The highest BCUT2D eigenvalue weighted by molar-refractivity contribution is 7.89. The zero-order valence-electron chi connectivity index (χ0n) is 11.9. The molecule has 0 radical (unpaired) electrons. The molecule has 1 saturated heterocycles. The molecule has 0 aliphatic carbocycles. The predicted octanol–water partition coefficient (Wildman–Crippen LogP) is 0.213. The fourth-order valence-corrected chi connectivity index (χ4v) is 4.27. The molecular weight excluding hydrogens is 260 g/mol. The molecule has 0 aromatic heterocycles. The van der Waals surface area contributed by atoms with Gasteiger partial charge in [0.25, 0.3) is 0 Å². The van der Waals surface area contributed by atoms with Crippen LogP contribution in [0.5, 0.6) is 0 Å². The van der Waals surface area contributed by atoms with Crippen molar-refractivity contribution in [3.05, 3.63) is 29.3 Å². The van der Waals surface area contributed by atoms with Crippen LogP contribution in [0.1, 0.15) is 18.1 Å². The van der Waals surface area contributed by atoms with Gasteiger partial charge in [-0.05, 0) is 38.0 Å². The van der Waals surface area contributed by atoms with Crippen molar-refractivity contribution in [2.45, 2.75) is 25.7 Å². The molecule has 1 N–H and O–H groups in total. The van der Waals surface area contributed by atoms with Gasteiger partial charge in [-0.3, -0.25) is 0 Å². The second-order valence-corrected chi connectivity index (χ2v) is 7.18. The van der Waals surface area contributed by atoms with Crippen LogP contribution in [-0.4, -0.2) is 45.4 Å². The van der Waals surface area contributed by atoms with Crippen LogP contribution >= 0.6 is 0 Å². The lowest BCUT2D eigenvalue weighted by Crippen LogP contribution is -3.14. The number of quaternary nitrogens is 1. The number of piperazine rings is 1. The predicted molar refractivity (Wildman–Crippen MR) is 75.9 cm³/mol. The first-order chi connectivity index (χ1) is 8.95. The highest BCUT2D eigenvalue weighted by Crippen LogP contribution is 2.21. The summed E-state index contributed by atoms with van der Waals surface area (Å²) in [6.45, 7) is 10.1. The minimum absolute atomic E-state index is 0.465. The van der Waals surface area contributed by atoms with Gasteiger partial charge in [0.2, 0.25) is 10.0 Å². The zero-order chi connectivity index (χ0) is 14.0. The van der Waals surface area contributed by atoms with Gasteiger partial charge in [0, 0.05) is 0 Å². The van der Waals surface area contributed by atoms with Crippen LogP contribution in [0.4, 0.5) is 0 Å². The van der Waals surface area contributed by atoms with Crippen molar-refractivity contribution >= 4 is 10.0 Å². The molecule has 2 rings (SSSR count). The van der Waals surface area contributed by atoms with Gasteiger partial charge in [-0.25, -0.2) is 8.42 Å². The number of hydrogen-bond acceptors (Lipinski definition) is 2. The molecule has 1 fully saturated rings. The summed E-state index contributed by atoms with van der Waals surface area (Å²) in [4.78, 5) is 1.94. The van der Waals surface area contributed by atoms with Crippen LogP contribution in [0, 0.1) is 13.8 Å².